The summed E-state index contributed by atoms with van der Waals surface area (Å²) in [6, 6.07) is 4.98. The first-order chi connectivity index (χ1) is 9.54. The van der Waals surface area contributed by atoms with E-state index in [-0.39, 0.29) is 10.9 Å². The number of benzene rings is 1. The van der Waals surface area contributed by atoms with Crippen molar-refractivity contribution in [2.24, 2.45) is 0 Å². The van der Waals surface area contributed by atoms with Crippen LogP contribution in [0.15, 0.2) is 23.0 Å². The van der Waals surface area contributed by atoms with Gasteiger partial charge in [0.1, 0.15) is 0 Å². The molecule has 1 heterocycles. The summed E-state index contributed by atoms with van der Waals surface area (Å²) in [7, 11) is -3.35. The summed E-state index contributed by atoms with van der Waals surface area (Å²) in [5.41, 5.74) is 1.44. The van der Waals surface area contributed by atoms with Gasteiger partial charge in [0.25, 0.3) is 0 Å². The monoisotopic (exact) mass is 295 g/mol. The highest BCUT2D eigenvalue weighted by molar-refractivity contribution is 7.93. The van der Waals surface area contributed by atoms with E-state index in [0.29, 0.717) is 16.7 Å². The SMILES string of the molecule is O=c1[nH]c2ccc(NS(=O)(=O)C3CCCCC3)cc2[nH]1. The fourth-order valence-electron chi connectivity index (χ4n) is 2.72. The lowest BCUT2D eigenvalue weighted by atomic mass is 10.0. The van der Waals surface area contributed by atoms with E-state index in [9.17, 15) is 13.2 Å². The third kappa shape index (κ3) is 2.58. The molecule has 108 valence electrons. The lowest BCUT2D eigenvalue weighted by Crippen LogP contribution is -2.29. The van der Waals surface area contributed by atoms with Crippen LogP contribution in [0.1, 0.15) is 32.1 Å². The molecule has 0 amide bonds. The number of imidazole rings is 1. The molecule has 1 fully saturated rings. The Hall–Kier alpha value is -1.76. The third-order valence-corrected chi connectivity index (χ3v) is 5.64. The maximum absolute atomic E-state index is 12.3. The van der Waals surface area contributed by atoms with E-state index in [0.717, 1.165) is 32.1 Å². The largest absolute Gasteiger partial charge is 0.323 e. The number of aromatic amines is 2. The van der Waals surface area contributed by atoms with Crippen molar-refractivity contribution >= 4 is 26.7 Å². The van der Waals surface area contributed by atoms with Gasteiger partial charge >= 0.3 is 5.69 Å². The number of fused-ring (bicyclic) bond motifs is 1. The fourth-order valence-corrected chi connectivity index (χ4v) is 4.30. The molecule has 2 aromatic rings. The van der Waals surface area contributed by atoms with Crippen molar-refractivity contribution in [2.75, 3.05) is 4.72 Å². The lowest BCUT2D eigenvalue weighted by Gasteiger charge is -2.22. The number of sulfonamides is 1. The van der Waals surface area contributed by atoms with Crippen LogP contribution in [0.5, 0.6) is 0 Å². The summed E-state index contributed by atoms with van der Waals surface area (Å²) in [4.78, 5) is 16.4. The van der Waals surface area contributed by atoms with Crippen LogP contribution in [0.25, 0.3) is 11.0 Å². The number of aromatic nitrogens is 2. The van der Waals surface area contributed by atoms with E-state index in [2.05, 4.69) is 14.7 Å². The van der Waals surface area contributed by atoms with Gasteiger partial charge in [0.2, 0.25) is 10.0 Å². The topological polar surface area (TPSA) is 94.8 Å². The van der Waals surface area contributed by atoms with Crippen LogP contribution in [0.4, 0.5) is 5.69 Å². The van der Waals surface area contributed by atoms with Crippen molar-refractivity contribution in [3.63, 3.8) is 0 Å². The van der Waals surface area contributed by atoms with E-state index < -0.39 is 10.0 Å². The van der Waals surface area contributed by atoms with Crippen LogP contribution in [-0.2, 0) is 10.0 Å². The molecule has 0 bridgehead atoms. The summed E-state index contributed by atoms with van der Waals surface area (Å²) in [5.74, 6) is 0. The highest BCUT2D eigenvalue weighted by Crippen LogP contribution is 2.25. The Bertz CT molecular complexity index is 770. The Morgan fingerprint density at radius 3 is 2.50 bits per heavy atom. The Morgan fingerprint density at radius 2 is 1.75 bits per heavy atom. The van der Waals surface area contributed by atoms with Crippen LogP contribution < -0.4 is 10.4 Å². The Kier molecular flexibility index (Phi) is 3.29. The Balaban J connectivity index is 1.85. The highest BCUT2D eigenvalue weighted by Gasteiger charge is 2.27. The van der Waals surface area contributed by atoms with Crippen molar-refractivity contribution < 1.29 is 8.42 Å². The second kappa shape index (κ2) is 4.97. The average Bonchev–Trinajstić information content (AvgIpc) is 2.79. The van der Waals surface area contributed by atoms with Crippen LogP contribution >= 0.6 is 0 Å². The molecule has 1 saturated carbocycles. The second-order valence-electron chi connectivity index (χ2n) is 5.25. The van der Waals surface area contributed by atoms with Crippen LogP contribution in [0, 0.1) is 0 Å². The van der Waals surface area contributed by atoms with Gasteiger partial charge in [-0.2, -0.15) is 0 Å². The molecule has 6 nitrogen and oxygen atoms in total. The standard InChI is InChI=1S/C13H17N3O3S/c17-13-14-11-7-6-9(8-12(11)15-13)16-20(18,19)10-4-2-1-3-5-10/h6-8,10,16H,1-5H2,(H2,14,15,17). The average molecular weight is 295 g/mol. The van der Waals surface area contributed by atoms with E-state index >= 15 is 0 Å². The molecule has 0 saturated heterocycles. The first kappa shape index (κ1) is 13.2. The number of hydrogen-bond acceptors (Lipinski definition) is 3. The van der Waals surface area contributed by atoms with Gasteiger partial charge in [-0.15, -0.1) is 0 Å². The molecule has 3 rings (SSSR count). The van der Waals surface area contributed by atoms with Gasteiger partial charge in [-0.1, -0.05) is 19.3 Å². The predicted molar refractivity (Wildman–Crippen MR) is 78.3 cm³/mol. The summed E-state index contributed by atoms with van der Waals surface area (Å²) in [6.07, 6.45) is 4.49. The molecule has 1 aliphatic carbocycles. The molecule has 0 spiro atoms. The Morgan fingerprint density at radius 1 is 1.05 bits per heavy atom. The quantitative estimate of drug-likeness (QED) is 0.807. The van der Waals surface area contributed by atoms with Gasteiger partial charge in [-0.05, 0) is 31.0 Å². The van der Waals surface area contributed by atoms with Gasteiger partial charge in [-0.3, -0.25) is 4.72 Å². The van der Waals surface area contributed by atoms with E-state index in [4.69, 9.17) is 0 Å². The maximum Gasteiger partial charge on any atom is 0.323 e. The zero-order chi connectivity index (χ0) is 14.2. The van der Waals surface area contributed by atoms with E-state index in [1.165, 1.54) is 0 Å². The molecule has 1 aromatic heterocycles. The van der Waals surface area contributed by atoms with Gasteiger partial charge in [-0.25, -0.2) is 13.2 Å². The summed E-state index contributed by atoms with van der Waals surface area (Å²) in [6.45, 7) is 0. The minimum atomic E-state index is -3.35. The zero-order valence-electron chi connectivity index (χ0n) is 11.0. The molecular formula is C13H17N3O3S. The maximum atomic E-state index is 12.3. The third-order valence-electron chi connectivity index (χ3n) is 3.77. The van der Waals surface area contributed by atoms with Gasteiger partial charge in [0.15, 0.2) is 0 Å². The first-order valence-electron chi connectivity index (χ1n) is 6.78. The molecule has 1 aliphatic rings. The van der Waals surface area contributed by atoms with Crippen molar-refractivity contribution in [3.05, 3.63) is 28.7 Å². The predicted octanol–water partition coefficient (Wildman–Crippen LogP) is 1.93. The lowest BCUT2D eigenvalue weighted by molar-refractivity contribution is 0.486. The molecule has 20 heavy (non-hydrogen) atoms. The van der Waals surface area contributed by atoms with Crippen molar-refractivity contribution in [3.8, 4) is 0 Å². The van der Waals surface area contributed by atoms with Crippen molar-refractivity contribution in [2.45, 2.75) is 37.4 Å². The summed E-state index contributed by atoms with van der Waals surface area (Å²) >= 11 is 0. The fraction of sp³-hybridized carbons (Fsp3) is 0.462. The molecule has 7 heteroatoms. The zero-order valence-corrected chi connectivity index (χ0v) is 11.8. The number of hydrogen-bond donors (Lipinski definition) is 3. The molecule has 0 unspecified atom stereocenters. The van der Waals surface area contributed by atoms with Crippen LogP contribution in [0.3, 0.4) is 0 Å². The normalized spacial score (nSPS) is 17.4. The molecule has 0 atom stereocenters. The number of rotatable bonds is 3. The smallest absolute Gasteiger partial charge is 0.306 e. The molecule has 0 radical (unpaired) electrons. The van der Waals surface area contributed by atoms with Crippen LogP contribution in [0.2, 0.25) is 0 Å². The number of H-pyrrole nitrogens is 2. The highest BCUT2D eigenvalue weighted by atomic mass is 32.2. The summed E-state index contributed by atoms with van der Waals surface area (Å²) in [5, 5.41) is -0.308. The molecule has 1 aromatic carbocycles. The van der Waals surface area contributed by atoms with Crippen LogP contribution in [-0.4, -0.2) is 23.6 Å². The first-order valence-corrected chi connectivity index (χ1v) is 8.33. The summed E-state index contributed by atoms with van der Waals surface area (Å²) < 4.78 is 27.2. The molecular weight excluding hydrogens is 278 g/mol. The van der Waals surface area contributed by atoms with Crippen molar-refractivity contribution in [1.29, 1.82) is 0 Å². The molecule has 0 aliphatic heterocycles. The minimum Gasteiger partial charge on any atom is -0.306 e. The van der Waals surface area contributed by atoms with Crippen molar-refractivity contribution in [1.82, 2.24) is 9.97 Å². The van der Waals surface area contributed by atoms with Gasteiger partial charge in [0, 0.05) is 0 Å². The number of nitrogens with one attached hydrogen (secondary N) is 3. The Labute approximate surface area is 116 Å². The molecule has 3 N–H and O–H groups in total. The second-order valence-corrected chi connectivity index (χ2v) is 7.21. The minimum absolute atomic E-state index is 0.299. The van der Waals surface area contributed by atoms with Gasteiger partial charge < -0.3 is 9.97 Å². The van der Waals surface area contributed by atoms with E-state index in [1.807, 2.05) is 0 Å². The van der Waals surface area contributed by atoms with Gasteiger partial charge in [0.05, 0.1) is 22.0 Å². The van der Waals surface area contributed by atoms with E-state index in [1.54, 1.807) is 18.2 Å². The number of anilines is 1.